The average molecular weight is 315 g/mol. The predicted molar refractivity (Wildman–Crippen MR) is 83.9 cm³/mol. The number of nitrogens with zero attached hydrogens (tertiary/aromatic N) is 4. The van der Waals surface area contributed by atoms with Crippen molar-refractivity contribution in [3.63, 3.8) is 0 Å². The maximum Gasteiger partial charge on any atom is 0.224 e. The van der Waals surface area contributed by atoms with Gasteiger partial charge in [-0.3, -0.25) is 4.79 Å². The van der Waals surface area contributed by atoms with Crippen LogP contribution in [-0.4, -0.2) is 43.4 Å². The lowest BCUT2D eigenvalue weighted by Gasteiger charge is -2.32. The topological polar surface area (TPSA) is 92.9 Å². The second kappa shape index (κ2) is 6.87. The summed E-state index contributed by atoms with van der Waals surface area (Å²) in [5.74, 6) is -0.0702. The predicted octanol–water partition coefficient (Wildman–Crippen LogP) is 1.02. The van der Waals surface area contributed by atoms with Gasteiger partial charge in [0, 0.05) is 6.54 Å². The lowest BCUT2D eigenvalue weighted by atomic mass is 9.85. The van der Waals surface area contributed by atoms with Crippen LogP contribution in [-0.2, 0) is 11.2 Å². The van der Waals surface area contributed by atoms with Crippen LogP contribution in [0.4, 0.5) is 0 Å². The van der Waals surface area contributed by atoms with Crippen molar-refractivity contribution in [3.8, 4) is 5.69 Å². The highest BCUT2D eigenvalue weighted by Crippen LogP contribution is 2.27. The zero-order valence-corrected chi connectivity index (χ0v) is 13.0. The van der Waals surface area contributed by atoms with Crippen LogP contribution in [0.1, 0.15) is 37.7 Å². The van der Waals surface area contributed by atoms with Crippen molar-refractivity contribution in [3.05, 3.63) is 36.2 Å². The van der Waals surface area contributed by atoms with Crippen LogP contribution >= 0.6 is 0 Å². The van der Waals surface area contributed by atoms with Gasteiger partial charge in [0.1, 0.15) is 6.33 Å². The summed E-state index contributed by atoms with van der Waals surface area (Å²) in [7, 11) is 0. The summed E-state index contributed by atoms with van der Waals surface area (Å²) in [6.07, 6.45) is 6.60. The molecule has 0 radical (unpaired) electrons. The van der Waals surface area contributed by atoms with E-state index in [4.69, 9.17) is 0 Å². The maximum atomic E-state index is 12.1. The molecule has 3 rings (SSSR count). The van der Waals surface area contributed by atoms with E-state index in [1.54, 1.807) is 4.68 Å². The van der Waals surface area contributed by atoms with Crippen molar-refractivity contribution >= 4 is 5.91 Å². The van der Waals surface area contributed by atoms with Crippen LogP contribution in [0.25, 0.3) is 5.69 Å². The number of aromatic nitrogens is 4. The highest BCUT2D eigenvalue weighted by molar-refractivity contribution is 5.78. The molecule has 0 unspecified atom stereocenters. The largest absolute Gasteiger partial charge is 0.388 e. The van der Waals surface area contributed by atoms with Gasteiger partial charge in [-0.1, -0.05) is 31.4 Å². The molecule has 1 amide bonds. The fourth-order valence-corrected chi connectivity index (χ4v) is 2.94. The number of hydrogen-bond donors (Lipinski definition) is 2. The van der Waals surface area contributed by atoms with Crippen molar-refractivity contribution in [2.24, 2.45) is 0 Å². The van der Waals surface area contributed by atoms with Gasteiger partial charge in [-0.05, 0) is 41.0 Å². The smallest absolute Gasteiger partial charge is 0.224 e. The number of nitrogens with one attached hydrogen (secondary N) is 1. The Morgan fingerprint density at radius 1 is 1.22 bits per heavy atom. The van der Waals surface area contributed by atoms with Crippen LogP contribution < -0.4 is 5.32 Å². The number of rotatable bonds is 5. The zero-order valence-electron chi connectivity index (χ0n) is 13.0. The van der Waals surface area contributed by atoms with Gasteiger partial charge < -0.3 is 10.4 Å². The Kier molecular flexibility index (Phi) is 4.66. The molecule has 0 saturated heterocycles. The molecule has 1 heterocycles. The van der Waals surface area contributed by atoms with E-state index in [9.17, 15) is 9.90 Å². The number of carbonyl (C=O) groups excluding carboxylic acids is 1. The molecule has 2 N–H and O–H groups in total. The Balaban J connectivity index is 1.51. The maximum absolute atomic E-state index is 12.1. The third-order valence-electron chi connectivity index (χ3n) is 4.31. The number of benzene rings is 1. The zero-order chi connectivity index (χ0) is 16.1. The SMILES string of the molecule is O=C(Cc1ccc(-n2cnnn2)cc1)NCC1(O)CCCCC1. The second-order valence-electron chi connectivity index (χ2n) is 6.16. The number of carbonyl (C=O) groups is 1. The van der Waals surface area contributed by atoms with E-state index < -0.39 is 5.60 Å². The van der Waals surface area contributed by atoms with E-state index in [0.717, 1.165) is 36.9 Å². The standard InChI is InChI=1S/C16H21N5O2/c22-15(17-11-16(23)8-2-1-3-9-16)10-13-4-6-14(7-5-13)21-12-18-19-20-21/h4-7,12,23H,1-3,8-11H2,(H,17,22). The Morgan fingerprint density at radius 3 is 2.61 bits per heavy atom. The number of amides is 1. The van der Waals surface area contributed by atoms with Gasteiger partial charge in [-0.2, -0.15) is 0 Å². The molecular formula is C16H21N5O2. The summed E-state index contributed by atoms with van der Waals surface area (Å²) in [6, 6.07) is 7.50. The molecule has 7 heteroatoms. The lowest BCUT2D eigenvalue weighted by Crippen LogP contribution is -2.44. The molecule has 122 valence electrons. The molecule has 23 heavy (non-hydrogen) atoms. The Bertz CT molecular complexity index is 633. The average Bonchev–Trinajstić information content (AvgIpc) is 3.09. The first-order valence-corrected chi connectivity index (χ1v) is 7.96. The Labute approximate surface area is 134 Å². The molecule has 2 aromatic rings. The van der Waals surface area contributed by atoms with Crippen LogP contribution in [0.5, 0.6) is 0 Å². The first kappa shape index (κ1) is 15.6. The minimum Gasteiger partial charge on any atom is -0.388 e. The summed E-state index contributed by atoms with van der Waals surface area (Å²) in [4.78, 5) is 12.1. The molecule has 0 bridgehead atoms. The first-order chi connectivity index (χ1) is 11.1. The van der Waals surface area contributed by atoms with Gasteiger partial charge in [0.25, 0.3) is 0 Å². The molecule has 1 aliphatic carbocycles. The summed E-state index contributed by atoms with van der Waals surface area (Å²) >= 11 is 0. The minimum atomic E-state index is -0.724. The molecule has 1 fully saturated rings. The van der Waals surface area contributed by atoms with Crippen molar-refractivity contribution in [1.29, 1.82) is 0 Å². The van der Waals surface area contributed by atoms with Crippen LogP contribution in [0, 0.1) is 0 Å². The lowest BCUT2D eigenvalue weighted by molar-refractivity contribution is -0.122. The van der Waals surface area contributed by atoms with Gasteiger partial charge in [0.15, 0.2) is 0 Å². The van der Waals surface area contributed by atoms with Gasteiger partial charge in [0.2, 0.25) is 5.91 Å². The molecule has 1 saturated carbocycles. The molecule has 0 atom stereocenters. The van der Waals surface area contributed by atoms with Gasteiger partial charge in [-0.25, -0.2) is 4.68 Å². The van der Waals surface area contributed by atoms with Gasteiger partial charge >= 0.3 is 0 Å². The molecule has 1 aromatic carbocycles. The highest BCUT2D eigenvalue weighted by atomic mass is 16.3. The van der Waals surface area contributed by atoms with E-state index in [1.807, 2.05) is 24.3 Å². The van der Waals surface area contributed by atoms with E-state index in [2.05, 4.69) is 20.8 Å². The number of hydrogen-bond acceptors (Lipinski definition) is 5. The summed E-state index contributed by atoms with van der Waals surface area (Å²) in [5, 5.41) is 24.2. The van der Waals surface area contributed by atoms with Crippen molar-refractivity contribution in [2.75, 3.05) is 6.54 Å². The van der Waals surface area contributed by atoms with Crippen LogP contribution in [0.2, 0.25) is 0 Å². The molecular weight excluding hydrogens is 294 g/mol. The second-order valence-corrected chi connectivity index (χ2v) is 6.16. The molecule has 0 spiro atoms. The summed E-state index contributed by atoms with van der Waals surface area (Å²) < 4.78 is 1.56. The number of aliphatic hydroxyl groups is 1. The van der Waals surface area contributed by atoms with E-state index in [-0.39, 0.29) is 5.91 Å². The Morgan fingerprint density at radius 2 is 1.96 bits per heavy atom. The molecule has 7 nitrogen and oxygen atoms in total. The van der Waals surface area contributed by atoms with Gasteiger partial charge in [-0.15, -0.1) is 5.10 Å². The van der Waals surface area contributed by atoms with Gasteiger partial charge in [0.05, 0.1) is 17.7 Å². The van der Waals surface area contributed by atoms with Crippen molar-refractivity contribution in [1.82, 2.24) is 25.5 Å². The monoisotopic (exact) mass is 315 g/mol. The third kappa shape index (κ3) is 4.13. The minimum absolute atomic E-state index is 0.0702. The molecule has 0 aliphatic heterocycles. The normalized spacial score (nSPS) is 16.9. The fraction of sp³-hybridized carbons (Fsp3) is 0.500. The summed E-state index contributed by atoms with van der Waals surface area (Å²) in [6.45, 7) is 0.342. The quantitative estimate of drug-likeness (QED) is 0.859. The van der Waals surface area contributed by atoms with Crippen molar-refractivity contribution < 1.29 is 9.90 Å². The van der Waals surface area contributed by atoms with Crippen LogP contribution in [0.3, 0.4) is 0 Å². The van der Waals surface area contributed by atoms with Crippen LogP contribution in [0.15, 0.2) is 30.6 Å². The summed E-state index contributed by atoms with van der Waals surface area (Å²) in [5.41, 5.74) is 1.03. The fourth-order valence-electron chi connectivity index (χ4n) is 2.94. The first-order valence-electron chi connectivity index (χ1n) is 7.96. The van der Waals surface area contributed by atoms with E-state index >= 15 is 0 Å². The number of tetrazole rings is 1. The Hall–Kier alpha value is -2.28. The molecule has 1 aliphatic rings. The van der Waals surface area contributed by atoms with E-state index in [1.165, 1.54) is 12.7 Å². The highest BCUT2D eigenvalue weighted by Gasteiger charge is 2.29. The molecule has 1 aromatic heterocycles. The van der Waals surface area contributed by atoms with E-state index in [0.29, 0.717) is 13.0 Å². The van der Waals surface area contributed by atoms with Crippen molar-refractivity contribution in [2.45, 2.75) is 44.1 Å². The third-order valence-corrected chi connectivity index (χ3v) is 4.31.